The van der Waals surface area contributed by atoms with Crippen LogP contribution in [0.25, 0.3) is 11.3 Å². The Bertz CT molecular complexity index is 570. The smallest absolute Gasteiger partial charge is 0.111 e. The first-order valence-corrected chi connectivity index (χ1v) is 6.24. The van der Waals surface area contributed by atoms with Crippen LogP contribution in [0.1, 0.15) is 22.5 Å². The van der Waals surface area contributed by atoms with E-state index in [0.717, 1.165) is 11.5 Å². The second-order valence-electron chi connectivity index (χ2n) is 4.88. The molecule has 2 aromatic rings. The van der Waals surface area contributed by atoms with Crippen LogP contribution in [0.15, 0.2) is 18.3 Å². The summed E-state index contributed by atoms with van der Waals surface area (Å²) in [6.45, 7) is 6.50. The van der Waals surface area contributed by atoms with Crippen LogP contribution in [0.3, 0.4) is 0 Å². The molecule has 0 atom stereocenters. The first-order valence-electron chi connectivity index (χ1n) is 6.24. The normalized spacial score (nSPS) is 10.9. The molecule has 1 N–H and O–H groups in total. The number of aliphatic hydroxyl groups is 1. The molecule has 0 amide bonds. The molecule has 1 aromatic heterocycles. The molecular weight excluding hydrogens is 224 g/mol. The summed E-state index contributed by atoms with van der Waals surface area (Å²) in [6, 6.07) is 4.39. The first-order chi connectivity index (χ1) is 8.52. The number of hydrogen-bond acceptors (Lipinski definition) is 2. The van der Waals surface area contributed by atoms with E-state index >= 15 is 0 Å². The summed E-state index contributed by atoms with van der Waals surface area (Å²) in [5, 5.41) is 9.01. The van der Waals surface area contributed by atoms with Crippen molar-refractivity contribution in [2.24, 2.45) is 7.05 Å². The SMILES string of the molecule is Cc1cc(C)c(-c2cn(C)c(CCO)n2)cc1C. The van der Waals surface area contributed by atoms with Crippen LogP contribution >= 0.6 is 0 Å². The molecule has 0 spiro atoms. The highest BCUT2D eigenvalue weighted by molar-refractivity contribution is 5.65. The van der Waals surface area contributed by atoms with Gasteiger partial charge in [0, 0.05) is 25.2 Å². The number of nitrogens with zero attached hydrogens (tertiary/aromatic N) is 2. The summed E-state index contributed by atoms with van der Waals surface area (Å²) in [7, 11) is 1.97. The highest BCUT2D eigenvalue weighted by Crippen LogP contribution is 2.25. The van der Waals surface area contributed by atoms with Crippen molar-refractivity contribution < 1.29 is 5.11 Å². The largest absolute Gasteiger partial charge is 0.396 e. The van der Waals surface area contributed by atoms with Gasteiger partial charge < -0.3 is 9.67 Å². The molecule has 1 aromatic carbocycles. The molecule has 0 unspecified atom stereocenters. The predicted molar refractivity (Wildman–Crippen MR) is 73.6 cm³/mol. The molecular formula is C15H20N2O. The molecule has 0 aliphatic heterocycles. The lowest BCUT2D eigenvalue weighted by atomic mass is 9.99. The molecule has 0 aliphatic carbocycles. The molecule has 1 heterocycles. The van der Waals surface area contributed by atoms with Gasteiger partial charge in [-0.1, -0.05) is 6.07 Å². The van der Waals surface area contributed by atoms with E-state index in [1.807, 2.05) is 17.8 Å². The van der Waals surface area contributed by atoms with E-state index in [1.165, 1.54) is 22.3 Å². The van der Waals surface area contributed by atoms with E-state index in [1.54, 1.807) is 0 Å². The number of benzene rings is 1. The van der Waals surface area contributed by atoms with Crippen molar-refractivity contribution in [3.05, 3.63) is 40.8 Å². The summed E-state index contributed by atoms with van der Waals surface area (Å²) >= 11 is 0. The maximum atomic E-state index is 9.01. The van der Waals surface area contributed by atoms with E-state index in [9.17, 15) is 0 Å². The second kappa shape index (κ2) is 4.94. The van der Waals surface area contributed by atoms with Crippen LogP contribution in [0, 0.1) is 20.8 Å². The lowest BCUT2D eigenvalue weighted by Crippen LogP contribution is -1.99. The van der Waals surface area contributed by atoms with E-state index in [0.29, 0.717) is 6.42 Å². The van der Waals surface area contributed by atoms with Gasteiger partial charge in [-0.25, -0.2) is 4.98 Å². The highest BCUT2D eigenvalue weighted by Gasteiger charge is 2.10. The Kier molecular flexibility index (Phi) is 3.53. The number of aryl methyl sites for hydroxylation is 4. The third kappa shape index (κ3) is 2.31. The van der Waals surface area contributed by atoms with Crippen molar-refractivity contribution in [2.75, 3.05) is 6.61 Å². The van der Waals surface area contributed by atoms with Crippen molar-refractivity contribution >= 4 is 0 Å². The van der Waals surface area contributed by atoms with E-state index in [2.05, 4.69) is 37.9 Å². The fourth-order valence-corrected chi connectivity index (χ4v) is 2.20. The maximum Gasteiger partial charge on any atom is 0.111 e. The fraction of sp³-hybridized carbons (Fsp3) is 0.400. The van der Waals surface area contributed by atoms with Crippen LogP contribution in [-0.4, -0.2) is 21.3 Å². The van der Waals surface area contributed by atoms with Crippen molar-refractivity contribution in [3.63, 3.8) is 0 Å². The average Bonchev–Trinajstić information content (AvgIpc) is 2.66. The van der Waals surface area contributed by atoms with Gasteiger partial charge in [-0.05, 0) is 43.5 Å². The van der Waals surface area contributed by atoms with Crippen LogP contribution in [0.5, 0.6) is 0 Å². The quantitative estimate of drug-likeness (QED) is 0.901. The lowest BCUT2D eigenvalue weighted by Gasteiger charge is -2.07. The molecule has 0 saturated heterocycles. The number of rotatable bonds is 3. The van der Waals surface area contributed by atoms with E-state index in [4.69, 9.17) is 5.11 Å². The van der Waals surface area contributed by atoms with Gasteiger partial charge in [-0.3, -0.25) is 0 Å². The Morgan fingerprint density at radius 2 is 1.78 bits per heavy atom. The number of aromatic nitrogens is 2. The van der Waals surface area contributed by atoms with Gasteiger partial charge in [-0.15, -0.1) is 0 Å². The van der Waals surface area contributed by atoms with Crippen LogP contribution in [0.2, 0.25) is 0 Å². The number of hydrogen-bond donors (Lipinski definition) is 1. The van der Waals surface area contributed by atoms with Crippen molar-refractivity contribution in [3.8, 4) is 11.3 Å². The number of aliphatic hydroxyl groups excluding tert-OH is 1. The third-order valence-electron chi connectivity index (χ3n) is 3.42. The standard InChI is InChI=1S/C15H20N2O/c1-10-7-12(3)13(8-11(10)2)14-9-17(4)15(16-14)5-6-18/h7-9,18H,5-6H2,1-4H3. The summed E-state index contributed by atoms with van der Waals surface area (Å²) in [5.41, 5.74) is 6.00. The van der Waals surface area contributed by atoms with Gasteiger partial charge in [0.25, 0.3) is 0 Å². The third-order valence-corrected chi connectivity index (χ3v) is 3.42. The Balaban J connectivity index is 2.48. The van der Waals surface area contributed by atoms with Gasteiger partial charge in [0.1, 0.15) is 5.82 Å². The minimum Gasteiger partial charge on any atom is -0.396 e. The fourth-order valence-electron chi connectivity index (χ4n) is 2.20. The average molecular weight is 244 g/mol. The lowest BCUT2D eigenvalue weighted by molar-refractivity contribution is 0.295. The maximum absolute atomic E-state index is 9.01. The van der Waals surface area contributed by atoms with E-state index < -0.39 is 0 Å². The minimum atomic E-state index is 0.135. The summed E-state index contributed by atoms with van der Waals surface area (Å²) < 4.78 is 1.99. The van der Waals surface area contributed by atoms with Crippen molar-refractivity contribution in [1.29, 1.82) is 0 Å². The zero-order chi connectivity index (χ0) is 13.3. The van der Waals surface area contributed by atoms with Crippen molar-refractivity contribution in [2.45, 2.75) is 27.2 Å². The number of imidazole rings is 1. The topological polar surface area (TPSA) is 38.0 Å². The Labute approximate surface area is 108 Å². The Hall–Kier alpha value is -1.61. The molecule has 2 rings (SSSR count). The van der Waals surface area contributed by atoms with Gasteiger partial charge in [0.15, 0.2) is 0 Å². The molecule has 0 bridgehead atoms. The molecule has 0 fully saturated rings. The predicted octanol–water partition coefficient (Wildman–Crippen LogP) is 2.55. The molecule has 18 heavy (non-hydrogen) atoms. The first kappa shape index (κ1) is 12.8. The molecule has 0 radical (unpaired) electrons. The van der Waals surface area contributed by atoms with Gasteiger partial charge >= 0.3 is 0 Å². The van der Waals surface area contributed by atoms with Gasteiger partial charge in [0.2, 0.25) is 0 Å². The minimum absolute atomic E-state index is 0.135. The van der Waals surface area contributed by atoms with Gasteiger partial charge in [-0.2, -0.15) is 0 Å². The molecule has 0 saturated carbocycles. The zero-order valence-electron chi connectivity index (χ0n) is 11.5. The summed E-state index contributed by atoms with van der Waals surface area (Å²) in [5.74, 6) is 0.921. The molecule has 0 aliphatic rings. The molecule has 96 valence electrons. The Morgan fingerprint density at radius 3 is 2.44 bits per heavy atom. The second-order valence-corrected chi connectivity index (χ2v) is 4.88. The highest BCUT2D eigenvalue weighted by atomic mass is 16.3. The summed E-state index contributed by atoms with van der Waals surface area (Å²) in [4.78, 5) is 4.60. The molecule has 3 nitrogen and oxygen atoms in total. The van der Waals surface area contributed by atoms with E-state index in [-0.39, 0.29) is 6.61 Å². The van der Waals surface area contributed by atoms with Crippen LogP contribution < -0.4 is 0 Å². The Morgan fingerprint density at radius 1 is 1.11 bits per heavy atom. The van der Waals surface area contributed by atoms with Crippen LogP contribution in [-0.2, 0) is 13.5 Å². The van der Waals surface area contributed by atoms with Crippen LogP contribution in [0.4, 0.5) is 0 Å². The van der Waals surface area contributed by atoms with Gasteiger partial charge in [0.05, 0.1) is 12.3 Å². The monoisotopic (exact) mass is 244 g/mol. The zero-order valence-corrected chi connectivity index (χ0v) is 11.5. The summed E-state index contributed by atoms with van der Waals surface area (Å²) in [6.07, 6.45) is 2.63. The molecule has 3 heteroatoms. The van der Waals surface area contributed by atoms with Crippen molar-refractivity contribution in [1.82, 2.24) is 9.55 Å².